The number of para-hydroxylation sites is 1. The smallest absolute Gasteiger partial charge is 0.245 e. The van der Waals surface area contributed by atoms with E-state index in [1.54, 1.807) is 27.9 Å². The number of nitrogens with zero attached hydrogens (tertiary/aromatic N) is 1. The van der Waals surface area contributed by atoms with E-state index in [1.165, 1.54) is 4.90 Å². The SMILES string of the molecule is CNC(=O)C(C)(C)N(C)C(=O)C(N)Cc1c[nH]c2ccccc12. The lowest BCUT2D eigenvalue weighted by Gasteiger charge is -2.35. The third-order valence-electron chi connectivity index (χ3n) is 4.38. The van der Waals surface area contributed by atoms with Gasteiger partial charge in [-0.25, -0.2) is 0 Å². The van der Waals surface area contributed by atoms with Crippen molar-refractivity contribution in [3.05, 3.63) is 36.0 Å². The van der Waals surface area contributed by atoms with Crippen LogP contribution in [0.3, 0.4) is 0 Å². The third kappa shape index (κ3) is 3.22. The summed E-state index contributed by atoms with van der Waals surface area (Å²) in [5, 5.41) is 3.63. The van der Waals surface area contributed by atoms with Crippen LogP contribution in [0.4, 0.5) is 0 Å². The number of hydrogen-bond donors (Lipinski definition) is 3. The van der Waals surface area contributed by atoms with Crippen LogP contribution in [0.25, 0.3) is 10.9 Å². The lowest BCUT2D eigenvalue weighted by atomic mass is 9.99. The first-order valence-electron chi connectivity index (χ1n) is 7.59. The van der Waals surface area contributed by atoms with E-state index in [4.69, 9.17) is 5.73 Å². The van der Waals surface area contributed by atoms with Crippen LogP contribution in [0.15, 0.2) is 30.5 Å². The maximum atomic E-state index is 12.6. The predicted octanol–water partition coefficient (Wildman–Crippen LogP) is 1.02. The molecule has 4 N–H and O–H groups in total. The van der Waals surface area contributed by atoms with Gasteiger partial charge in [0.25, 0.3) is 0 Å². The maximum absolute atomic E-state index is 12.6. The number of amides is 2. The molecule has 1 atom stereocenters. The van der Waals surface area contributed by atoms with Crippen molar-refractivity contribution in [2.45, 2.75) is 31.8 Å². The number of carbonyl (C=O) groups excluding carboxylic acids is 2. The van der Waals surface area contributed by atoms with Crippen molar-refractivity contribution >= 4 is 22.7 Å². The normalized spacial score (nSPS) is 12.9. The Morgan fingerprint density at radius 1 is 1.35 bits per heavy atom. The molecule has 0 saturated carbocycles. The zero-order valence-corrected chi connectivity index (χ0v) is 14.0. The number of aromatic nitrogens is 1. The molecule has 0 saturated heterocycles. The first-order valence-corrected chi connectivity index (χ1v) is 7.59. The van der Waals surface area contributed by atoms with Crippen molar-refractivity contribution in [1.29, 1.82) is 0 Å². The quantitative estimate of drug-likeness (QED) is 0.769. The van der Waals surface area contributed by atoms with Crippen molar-refractivity contribution in [3.8, 4) is 0 Å². The van der Waals surface area contributed by atoms with Gasteiger partial charge in [-0.05, 0) is 31.9 Å². The van der Waals surface area contributed by atoms with Crippen LogP contribution < -0.4 is 11.1 Å². The highest BCUT2D eigenvalue weighted by atomic mass is 16.2. The number of rotatable bonds is 5. The highest BCUT2D eigenvalue weighted by Gasteiger charge is 2.36. The Balaban J connectivity index is 2.15. The molecule has 2 amide bonds. The minimum absolute atomic E-state index is 0.229. The van der Waals surface area contributed by atoms with Crippen LogP contribution in [-0.2, 0) is 16.0 Å². The van der Waals surface area contributed by atoms with Gasteiger partial charge in [0, 0.05) is 31.2 Å². The number of hydrogen-bond acceptors (Lipinski definition) is 3. The molecule has 2 aromatic rings. The van der Waals surface area contributed by atoms with Crippen LogP contribution in [0.2, 0.25) is 0 Å². The molecule has 0 aliphatic rings. The number of likely N-dealkylation sites (N-methyl/N-ethyl adjacent to an activating group) is 2. The van der Waals surface area contributed by atoms with E-state index in [0.29, 0.717) is 6.42 Å². The van der Waals surface area contributed by atoms with Gasteiger partial charge in [-0.15, -0.1) is 0 Å². The first kappa shape index (κ1) is 17.0. The predicted molar refractivity (Wildman–Crippen MR) is 90.9 cm³/mol. The fourth-order valence-corrected chi connectivity index (χ4v) is 2.61. The van der Waals surface area contributed by atoms with Gasteiger partial charge in [0.15, 0.2) is 0 Å². The Labute approximate surface area is 136 Å². The monoisotopic (exact) mass is 316 g/mol. The van der Waals surface area contributed by atoms with E-state index in [2.05, 4.69) is 10.3 Å². The van der Waals surface area contributed by atoms with Crippen molar-refractivity contribution in [2.24, 2.45) is 5.73 Å². The largest absolute Gasteiger partial charge is 0.361 e. The van der Waals surface area contributed by atoms with Crippen molar-refractivity contribution in [3.63, 3.8) is 0 Å². The van der Waals surface area contributed by atoms with Crippen LogP contribution in [0.5, 0.6) is 0 Å². The van der Waals surface area contributed by atoms with Gasteiger partial charge in [-0.2, -0.15) is 0 Å². The van der Waals surface area contributed by atoms with Gasteiger partial charge < -0.3 is 20.9 Å². The summed E-state index contributed by atoms with van der Waals surface area (Å²) >= 11 is 0. The molecule has 0 bridgehead atoms. The maximum Gasteiger partial charge on any atom is 0.245 e. The van der Waals surface area contributed by atoms with Crippen molar-refractivity contribution in [2.75, 3.05) is 14.1 Å². The Bertz CT molecular complexity index is 720. The first-order chi connectivity index (χ1) is 10.8. The number of fused-ring (bicyclic) bond motifs is 1. The number of nitrogens with two attached hydrogens (primary N) is 1. The van der Waals surface area contributed by atoms with E-state index in [0.717, 1.165) is 16.5 Å². The van der Waals surface area contributed by atoms with Gasteiger partial charge in [0.1, 0.15) is 5.54 Å². The summed E-state index contributed by atoms with van der Waals surface area (Å²) in [6.45, 7) is 3.39. The average Bonchev–Trinajstić information content (AvgIpc) is 2.95. The lowest BCUT2D eigenvalue weighted by Crippen LogP contribution is -2.58. The molecular weight excluding hydrogens is 292 g/mol. The van der Waals surface area contributed by atoms with Gasteiger partial charge >= 0.3 is 0 Å². The topological polar surface area (TPSA) is 91.2 Å². The van der Waals surface area contributed by atoms with E-state index >= 15 is 0 Å². The van der Waals surface area contributed by atoms with E-state index in [1.807, 2.05) is 30.5 Å². The molecule has 124 valence electrons. The molecule has 0 spiro atoms. The second kappa shape index (κ2) is 6.42. The van der Waals surface area contributed by atoms with Crippen LogP contribution in [0.1, 0.15) is 19.4 Å². The summed E-state index contributed by atoms with van der Waals surface area (Å²) < 4.78 is 0. The summed E-state index contributed by atoms with van der Waals surface area (Å²) in [6.07, 6.45) is 2.29. The number of aromatic amines is 1. The fourth-order valence-electron chi connectivity index (χ4n) is 2.61. The molecule has 1 unspecified atom stereocenters. The molecule has 23 heavy (non-hydrogen) atoms. The van der Waals surface area contributed by atoms with E-state index in [9.17, 15) is 9.59 Å². The van der Waals surface area contributed by atoms with E-state index in [-0.39, 0.29) is 11.8 Å². The number of benzene rings is 1. The highest BCUT2D eigenvalue weighted by Crippen LogP contribution is 2.20. The second-order valence-corrected chi connectivity index (χ2v) is 6.21. The molecule has 6 heteroatoms. The third-order valence-corrected chi connectivity index (χ3v) is 4.38. The molecule has 0 aliphatic heterocycles. The highest BCUT2D eigenvalue weighted by molar-refractivity contribution is 5.92. The standard InChI is InChI=1S/C17H24N4O2/c1-17(2,16(23)19-3)21(4)15(22)13(18)9-11-10-20-14-8-6-5-7-12(11)14/h5-8,10,13,20H,9,18H2,1-4H3,(H,19,23). The van der Waals surface area contributed by atoms with Crippen molar-refractivity contribution in [1.82, 2.24) is 15.2 Å². The molecule has 0 fully saturated rings. The molecule has 6 nitrogen and oxygen atoms in total. The Hall–Kier alpha value is -2.34. The Morgan fingerprint density at radius 2 is 2.00 bits per heavy atom. The molecule has 0 aliphatic carbocycles. The second-order valence-electron chi connectivity index (χ2n) is 6.21. The van der Waals surface area contributed by atoms with Crippen LogP contribution in [-0.4, -0.2) is 47.4 Å². The van der Waals surface area contributed by atoms with Gasteiger partial charge in [-0.3, -0.25) is 9.59 Å². The number of nitrogens with one attached hydrogen (secondary N) is 2. The number of H-pyrrole nitrogens is 1. The van der Waals surface area contributed by atoms with Crippen molar-refractivity contribution < 1.29 is 9.59 Å². The summed E-state index contributed by atoms with van der Waals surface area (Å²) in [5.41, 5.74) is 7.16. The lowest BCUT2D eigenvalue weighted by molar-refractivity contribution is -0.144. The fraction of sp³-hybridized carbons (Fsp3) is 0.412. The molecule has 0 radical (unpaired) electrons. The Kier molecular flexibility index (Phi) is 4.75. The zero-order chi connectivity index (χ0) is 17.2. The summed E-state index contributed by atoms with van der Waals surface area (Å²) in [5.74, 6) is -0.489. The summed E-state index contributed by atoms with van der Waals surface area (Å²) in [4.78, 5) is 29.1. The number of carbonyl (C=O) groups is 2. The van der Waals surface area contributed by atoms with E-state index < -0.39 is 11.6 Å². The van der Waals surface area contributed by atoms with Gasteiger partial charge in [-0.1, -0.05) is 18.2 Å². The van der Waals surface area contributed by atoms with Crippen LogP contribution >= 0.6 is 0 Å². The average molecular weight is 316 g/mol. The molecule has 1 heterocycles. The van der Waals surface area contributed by atoms with Gasteiger partial charge in [0.05, 0.1) is 6.04 Å². The molecule has 1 aromatic heterocycles. The summed E-state index contributed by atoms with van der Waals surface area (Å²) in [7, 11) is 3.15. The van der Waals surface area contributed by atoms with Gasteiger partial charge in [0.2, 0.25) is 11.8 Å². The zero-order valence-electron chi connectivity index (χ0n) is 14.0. The minimum atomic E-state index is -0.955. The molecular formula is C17H24N4O2. The van der Waals surface area contributed by atoms with Crippen LogP contribution in [0, 0.1) is 0 Å². The Morgan fingerprint density at radius 3 is 2.65 bits per heavy atom. The molecule has 1 aromatic carbocycles. The minimum Gasteiger partial charge on any atom is -0.361 e. The molecule has 2 rings (SSSR count). The summed E-state index contributed by atoms with van der Waals surface area (Å²) in [6, 6.07) is 7.17.